The molecule has 0 aromatic heterocycles. The summed E-state index contributed by atoms with van der Waals surface area (Å²) in [6, 6.07) is 0. The fourth-order valence-electron chi connectivity index (χ4n) is 0.410. The van der Waals surface area contributed by atoms with Crippen LogP contribution in [0.5, 0.6) is 0 Å². The molecule has 0 rings (SSSR count). The van der Waals surface area contributed by atoms with E-state index in [2.05, 4.69) is 5.73 Å². The molecule has 11 heteroatoms. The second-order valence-corrected chi connectivity index (χ2v) is 1.96. The molecule has 0 aliphatic rings. The Labute approximate surface area is 69.2 Å². The van der Waals surface area contributed by atoms with Crippen LogP contribution in [0.1, 0.15) is 0 Å². The molecule has 3 N–H and O–H groups in total. The van der Waals surface area contributed by atoms with E-state index in [-0.39, 0.29) is 0 Å². The Bertz CT molecular complexity index is 247. The molecule has 1 atom stereocenters. The molecule has 0 aliphatic heterocycles. The minimum Gasteiger partial charge on any atom is -0.320 e. The van der Waals surface area contributed by atoms with Gasteiger partial charge in [-0.1, -0.05) is 0 Å². The molecule has 0 radical (unpaired) electrons. The highest BCUT2D eigenvalue weighted by Crippen LogP contribution is 2.09. The molecule has 0 aromatic carbocycles. The van der Waals surface area contributed by atoms with Crippen LogP contribution in [0, 0.1) is 30.3 Å². The Hall–Kier alpha value is -1.88. The van der Waals surface area contributed by atoms with E-state index in [9.17, 15) is 30.3 Å². The number of aliphatic hydroxyl groups excluding tert-OH is 1. The van der Waals surface area contributed by atoms with Gasteiger partial charge in [-0.25, -0.2) is 0 Å². The summed E-state index contributed by atoms with van der Waals surface area (Å²) < 4.78 is 0. The highest BCUT2D eigenvalue weighted by Gasteiger charge is 2.67. The van der Waals surface area contributed by atoms with Crippen molar-refractivity contribution in [3.8, 4) is 0 Å². The Morgan fingerprint density at radius 1 is 1.15 bits per heavy atom. The first kappa shape index (κ1) is 11.1. The van der Waals surface area contributed by atoms with Gasteiger partial charge in [-0.05, 0) is 0 Å². The molecule has 11 nitrogen and oxygen atoms in total. The number of hydrogen-bond acceptors (Lipinski definition) is 8. The molecule has 0 saturated heterocycles. The Balaban J connectivity index is 5.13. The molecule has 0 aliphatic carbocycles. The van der Waals surface area contributed by atoms with Crippen LogP contribution in [0.2, 0.25) is 0 Å². The minimum atomic E-state index is -3.72. The molecule has 0 aromatic rings. The van der Waals surface area contributed by atoms with Crippen LogP contribution in [0.4, 0.5) is 0 Å². The maximum Gasteiger partial charge on any atom is 0.611 e. The predicted octanol–water partition coefficient (Wildman–Crippen LogP) is -2.25. The smallest absolute Gasteiger partial charge is 0.320 e. The molecule has 13 heavy (non-hydrogen) atoms. The van der Waals surface area contributed by atoms with Crippen LogP contribution in [0.3, 0.4) is 0 Å². The third-order valence-corrected chi connectivity index (χ3v) is 1.16. The molecule has 0 fully saturated rings. The Morgan fingerprint density at radius 2 is 1.46 bits per heavy atom. The molecule has 0 saturated carbocycles. The number of nitrogens with two attached hydrogens (primary N) is 1. The van der Waals surface area contributed by atoms with Gasteiger partial charge in [-0.2, -0.15) is 5.73 Å². The van der Waals surface area contributed by atoms with Crippen LogP contribution in [0.15, 0.2) is 0 Å². The monoisotopic (exact) mass is 196 g/mol. The van der Waals surface area contributed by atoms with E-state index in [1.165, 1.54) is 0 Å². The van der Waals surface area contributed by atoms with Crippen LogP contribution < -0.4 is 5.73 Å². The number of nitro groups is 3. The van der Waals surface area contributed by atoms with Gasteiger partial charge in [-0.15, -0.1) is 0 Å². The standard InChI is InChI=1S/C2H4N4O7/c3-2(5(10)11,6(12)13)1(7)4(8)9/h1,7H,3H2. The van der Waals surface area contributed by atoms with Gasteiger partial charge >= 0.3 is 12.0 Å². The van der Waals surface area contributed by atoms with Crippen molar-refractivity contribution in [2.45, 2.75) is 12.0 Å². The molecule has 0 amide bonds. The first-order valence-corrected chi connectivity index (χ1v) is 2.64. The third-order valence-electron chi connectivity index (χ3n) is 1.16. The SMILES string of the molecule is NC(C(O)[N+](=O)[O-])([N+](=O)[O-])[N+](=O)[O-]. The van der Waals surface area contributed by atoms with Gasteiger partial charge in [0.1, 0.15) is 9.85 Å². The van der Waals surface area contributed by atoms with E-state index < -0.39 is 26.8 Å². The average molecular weight is 196 g/mol. The number of rotatable bonds is 4. The third kappa shape index (κ3) is 1.65. The zero-order chi connectivity index (χ0) is 10.8. The largest absolute Gasteiger partial charge is 0.611 e. The summed E-state index contributed by atoms with van der Waals surface area (Å²) in [6.07, 6.45) is -3.10. The van der Waals surface area contributed by atoms with E-state index in [0.29, 0.717) is 0 Å². The fourth-order valence-corrected chi connectivity index (χ4v) is 0.410. The average Bonchev–Trinajstić information content (AvgIpc) is 2.00. The first-order valence-electron chi connectivity index (χ1n) is 2.64. The van der Waals surface area contributed by atoms with Gasteiger partial charge in [0, 0.05) is 0 Å². The lowest BCUT2D eigenvalue weighted by Gasteiger charge is -2.10. The summed E-state index contributed by atoms with van der Waals surface area (Å²) in [5.74, 6) is -3.72. The maximum atomic E-state index is 9.98. The quantitative estimate of drug-likeness (QED) is 0.287. The molecular formula is C2H4N4O7. The van der Waals surface area contributed by atoms with Gasteiger partial charge in [0.15, 0.2) is 0 Å². The lowest BCUT2D eigenvalue weighted by molar-refractivity contribution is -0.848. The van der Waals surface area contributed by atoms with Gasteiger partial charge in [-0.3, -0.25) is 30.3 Å². The normalized spacial score (nSPS) is 13.4. The minimum absolute atomic E-state index is 1.62. The molecule has 0 heterocycles. The topological polar surface area (TPSA) is 176 Å². The molecule has 0 bridgehead atoms. The van der Waals surface area contributed by atoms with Crippen molar-refractivity contribution < 1.29 is 19.9 Å². The highest BCUT2D eigenvalue weighted by molar-refractivity contribution is 4.60. The highest BCUT2D eigenvalue weighted by atomic mass is 16.7. The van der Waals surface area contributed by atoms with Gasteiger partial charge in [0.25, 0.3) is 0 Å². The van der Waals surface area contributed by atoms with Crippen LogP contribution in [0.25, 0.3) is 0 Å². The van der Waals surface area contributed by atoms with Gasteiger partial charge in [0.05, 0.1) is 4.92 Å². The van der Waals surface area contributed by atoms with Crippen LogP contribution in [-0.4, -0.2) is 31.9 Å². The van der Waals surface area contributed by atoms with Crippen molar-refractivity contribution in [3.05, 3.63) is 30.3 Å². The summed E-state index contributed by atoms with van der Waals surface area (Å²) >= 11 is 0. The van der Waals surface area contributed by atoms with Crippen molar-refractivity contribution in [2.24, 2.45) is 5.73 Å². The summed E-state index contributed by atoms with van der Waals surface area (Å²) in [5, 5.41) is 38.3. The molecule has 74 valence electrons. The van der Waals surface area contributed by atoms with E-state index >= 15 is 0 Å². The second kappa shape index (κ2) is 3.24. The van der Waals surface area contributed by atoms with E-state index in [0.717, 1.165) is 0 Å². The number of aliphatic hydroxyl groups is 1. The fraction of sp³-hybridized carbons (Fsp3) is 1.00. The van der Waals surface area contributed by atoms with Crippen molar-refractivity contribution >= 4 is 0 Å². The zero-order valence-electron chi connectivity index (χ0n) is 5.89. The predicted molar refractivity (Wildman–Crippen MR) is 33.9 cm³/mol. The van der Waals surface area contributed by atoms with E-state index in [1.807, 2.05) is 0 Å². The maximum absolute atomic E-state index is 9.98. The number of hydrogen-bond donors (Lipinski definition) is 2. The van der Waals surface area contributed by atoms with E-state index in [1.54, 1.807) is 0 Å². The number of nitrogens with zero attached hydrogens (tertiary/aromatic N) is 3. The van der Waals surface area contributed by atoms with E-state index in [4.69, 9.17) is 5.11 Å². The van der Waals surface area contributed by atoms with Crippen molar-refractivity contribution in [3.63, 3.8) is 0 Å². The van der Waals surface area contributed by atoms with Crippen LogP contribution in [-0.2, 0) is 0 Å². The summed E-state index contributed by atoms with van der Waals surface area (Å²) in [6.45, 7) is 0. The lowest BCUT2D eigenvalue weighted by Crippen LogP contribution is -2.65. The van der Waals surface area contributed by atoms with Gasteiger partial charge in [0.2, 0.25) is 0 Å². The molecule has 1 unspecified atom stereocenters. The Kier molecular flexibility index (Phi) is 2.77. The van der Waals surface area contributed by atoms with Crippen molar-refractivity contribution in [2.75, 3.05) is 0 Å². The molecule has 0 spiro atoms. The van der Waals surface area contributed by atoms with Gasteiger partial charge < -0.3 is 5.11 Å². The zero-order valence-corrected chi connectivity index (χ0v) is 5.89. The van der Waals surface area contributed by atoms with Crippen molar-refractivity contribution in [1.29, 1.82) is 0 Å². The lowest BCUT2D eigenvalue weighted by atomic mass is 10.3. The summed E-state index contributed by atoms with van der Waals surface area (Å²) in [7, 11) is 0. The summed E-state index contributed by atoms with van der Waals surface area (Å²) in [5.41, 5.74) is 4.44. The summed E-state index contributed by atoms with van der Waals surface area (Å²) in [4.78, 5) is 24.7. The van der Waals surface area contributed by atoms with Crippen LogP contribution >= 0.6 is 0 Å². The first-order chi connectivity index (χ1) is 5.74. The Morgan fingerprint density at radius 3 is 1.54 bits per heavy atom. The second-order valence-electron chi connectivity index (χ2n) is 1.96. The molecular weight excluding hydrogens is 192 g/mol. The van der Waals surface area contributed by atoms with Crippen molar-refractivity contribution in [1.82, 2.24) is 0 Å².